The molecule has 0 aliphatic heterocycles. The minimum absolute atomic E-state index is 0.783. The molecular formula is C9H10Cl. The van der Waals surface area contributed by atoms with E-state index in [1.54, 1.807) is 6.07 Å². The number of hydrogen-bond donors (Lipinski definition) is 0. The number of aryl methyl sites for hydroxylation is 1. The Morgan fingerprint density at radius 1 is 1.50 bits per heavy atom. The fraction of sp³-hybridized carbons (Fsp3) is 0.333. The van der Waals surface area contributed by atoms with Crippen LogP contribution < -0.4 is 0 Å². The summed E-state index contributed by atoms with van der Waals surface area (Å²) in [5.41, 5.74) is 1.27. The van der Waals surface area contributed by atoms with E-state index in [-0.39, 0.29) is 0 Å². The van der Waals surface area contributed by atoms with E-state index >= 15 is 0 Å². The Balaban J connectivity index is 2.75. The van der Waals surface area contributed by atoms with Crippen LogP contribution in [0.15, 0.2) is 18.2 Å². The molecule has 1 aromatic carbocycles. The van der Waals surface area contributed by atoms with Crippen molar-refractivity contribution in [3.05, 3.63) is 34.9 Å². The van der Waals surface area contributed by atoms with Gasteiger partial charge in [-0.2, -0.15) is 0 Å². The predicted octanol–water partition coefficient (Wildman–Crippen LogP) is 3.09. The fourth-order valence-corrected chi connectivity index (χ4v) is 1.12. The topological polar surface area (TPSA) is 0 Å². The van der Waals surface area contributed by atoms with Crippen molar-refractivity contribution < 1.29 is 0 Å². The monoisotopic (exact) mass is 153 g/mol. The molecule has 53 valence electrons. The van der Waals surface area contributed by atoms with Crippen LogP contribution in [0.3, 0.4) is 0 Å². The van der Waals surface area contributed by atoms with Gasteiger partial charge in [0.2, 0.25) is 0 Å². The van der Waals surface area contributed by atoms with Crippen LogP contribution >= 0.6 is 11.6 Å². The van der Waals surface area contributed by atoms with Crippen molar-refractivity contribution in [3.63, 3.8) is 0 Å². The molecule has 0 bridgehead atoms. The molecule has 1 rings (SSSR count). The average Bonchev–Trinajstić information content (AvgIpc) is 1.88. The van der Waals surface area contributed by atoms with E-state index in [2.05, 4.69) is 13.0 Å². The Hall–Kier alpha value is -0.490. The van der Waals surface area contributed by atoms with E-state index in [1.807, 2.05) is 12.1 Å². The lowest BCUT2D eigenvalue weighted by atomic mass is 10.1. The van der Waals surface area contributed by atoms with Gasteiger partial charge in [-0.3, -0.25) is 0 Å². The van der Waals surface area contributed by atoms with Crippen molar-refractivity contribution in [2.75, 3.05) is 0 Å². The first-order chi connectivity index (χ1) is 4.83. The SMILES string of the molecule is CCCc1c[c]cc(Cl)c1. The molecule has 0 N–H and O–H groups in total. The van der Waals surface area contributed by atoms with E-state index in [9.17, 15) is 0 Å². The number of benzene rings is 1. The molecule has 0 unspecified atom stereocenters. The zero-order valence-electron chi connectivity index (χ0n) is 6.02. The third-order valence-electron chi connectivity index (χ3n) is 1.35. The Morgan fingerprint density at radius 3 is 2.90 bits per heavy atom. The molecule has 0 aromatic heterocycles. The van der Waals surface area contributed by atoms with Crippen molar-refractivity contribution in [2.24, 2.45) is 0 Å². The Bertz CT molecular complexity index is 206. The van der Waals surface area contributed by atoms with Gasteiger partial charge in [-0.05, 0) is 30.2 Å². The van der Waals surface area contributed by atoms with Crippen molar-refractivity contribution in [1.29, 1.82) is 0 Å². The van der Waals surface area contributed by atoms with Gasteiger partial charge in [-0.1, -0.05) is 31.0 Å². The quantitative estimate of drug-likeness (QED) is 0.613. The zero-order chi connectivity index (χ0) is 7.40. The highest BCUT2D eigenvalue weighted by Gasteiger charge is 1.90. The molecule has 0 amide bonds. The van der Waals surface area contributed by atoms with Gasteiger partial charge in [0, 0.05) is 5.02 Å². The van der Waals surface area contributed by atoms with Crippen molar-refractivity contribution in [1.82, 2.24) is 0 Å². The number of halogens is 1. The molecule has 1 aromatic rings. The minimum Gasteiger partial charge on any atom is -0.0843 e. The number of hydrogen-bond acceptors (Lipinski definition) is 0. The third-order valence-corrected chi connectivity index (χ3v) is 1.57. The molecule has 0 spiro atoms. The molecule has 0 fully saturated rings. The smallest absolute Gasteiger partial charge is 0.0414 e. The summed E-state index contributed by atoms with van der Waals surface area (Å²) in [4.78, 5) is 0. The first-order valence-electron chi connectivity index (χ1n) is 3.48. The normalized spacial score (nSPS) is 9.80. The average molecular weight is 154 g/mol. The first-order valence-corrected chi connectivity index (χ1v) is 3.86. The highest BCUT2D eigenvalue weighted by molar-refractivity contribution is 6.30. The van der Waals surface area contributed by atoms with Crippen LogP contribution in [0.2, 0.25) is 5.02 Å². The van der Waals surface area contributed by atoms with Gasteiger partial charge in [0.25, 0.3) is 0 Å². The second-order valence-electron chi connectivity index (χ2n) is 2.31. The molecule has 0 saturated carbocycles. The van der Waals surface area contributed by atoms with Crippen molar-refractivity contribution in [3.8, 4) is 0 Å². The largest absolute Gasteiger partial charge is 0.0843 e. The van der Waals surface area contributed by atoms with Gasteiger partial charge in [0.05, 0.1) is 0 Å². The lowest BCUT2D eigenvalue weighted by Crippen LogP contribution is -1.80. The maximum Gasteiger partial charge on any atom is 0.0414 e. The van der Waals surface area contributed by atoms with Gasteiger partial charge in [-0.25, -0.2) is 0 Å². The summed E-state index contributed by atoms with van der Waals surface area (Å²) >= 11 is 5.75. The summed E-state index contributed by atoms with van der Waals surface area (Å²) in [6.45, 7) is 2.15. The summed E-state index contributed by atoms with van der Waals surface area (Å²) < 4.78 is 0. The second kappa shape index (κ2) is 3.62. The standard InChI is InChI=1S/C9H10Cl/c1-2-4-8-5-3-6-9(10)7-8/h5-7H,2,4H2,1H3. The highest BCUT2D eigenvalue weighted by Crippen LogP contribution is 2.11. The van der Waals surface area contributed by atoms with Crippen LogP contribution in [0, 0.1) is 6.07 Å². The van der Waals surface area contributed by atoms with Crippen LogP contribution in [0.1, 0.15) is 18.9 Å². The van der Waals surface area contributed by atoms with Crippen LogP contribution in [0.4, 0.5) is 0 Å². The van der Waals surface area contributed by atoms with E-state index in [1.165, 1.54) is 5.56 Å². The maximum absolute atomic E-state index is 5.75. The van der Waals surface area contributed by atoms with Crippen LogP contribution in [-0.4, -0.2) is 0 Å². The van der Waals surface area contributed by atoms with E-state index in [4.69, 9.17) is 11.6 Å². The lowest BCUT2D eigenvalue weighted by Gasteiger charge is -1.96. The summed E-state index contributed by atoms with van der Waals surface area (Å²) in [7, 11) is 0. The molecule has 0 aliphatic rings. The van der Waals surface area contributed by atoms with E-state index in [0.717, 1.165) is 17.9 Å². The van der Waals surface area contributed by atoms with E-state index < -0.39 is 0 Å². The van der Waals surface area contributed by atoms with Gasteiger partial charge in [0.15, 0.2) is 0 Å². The third kappa shape index (κ3) is 2.03. The van der Waals surface area contributed by atoms with Gasteiger partial charge >= 0.3 is 0 Å². The van der Waals surface area contributed by atoms with Crippen molar-refractivity contribution in [2.45, 2.75) is 19.8 Å². The Morgan fingerprint density at radius 2 is 2.30 bits per heavy atom. The summed E-state index contributed by atoms with van der Waals surface area (Å²) in [6, 6.07) is 8.73. The molecule has 0 aliphatic carbocycles. The fourth-order valence-electron chi connectivity index (χ4n) is 0.922. The molecule has 0 atom stereocenters. The molecule has 1 radical (unpaired) electrons. The molecule has 0 nitrogen and oxygen atoms in total. The van der Waals surface area contributed by atoms with Crippen LogP contribution in [-0.2, 0) is 6.42 Å². The van der Waals surface area contributed by atoms with Crippen LogP contribution in [0.25, 0.3) is 0 Å². The first kappa shape index (κ1) is 7.62. The predicted molar refractivity (Wildman–Crippen MR) is 44.3 cm³/mol. The second-order valence-corrected chi connectivity index (χ2v) is 2.75. The summed E-state index contributed by atoms with van der Waals surface area (Å²) in [5.74, 6) is 0. The highest BCUT2D eigenvalue weighted by atomic mass is 35.5. The molecular weight excluding hydrogens is 144 g/mol. The lowest BCUT2D eigenvalue weighted by molar-refractivity contribution is 0.922. The molecule has 0 heterocycles. The van der Waals surface area contributed by atoms with Crippen LogP contribution in [0.5, 0.6) is 0 Å². The Labute approximate surface area is 66.8 Å². The number of rotatable bonds is 2. The molecule has 1 heteroatoms. The summed E-state index contributed by atoms with van der Waals surface area (Å²) in [6.07, 6.45) is 2.26. The van der Waals surface area contributed by atoms with Gasteiger partial charge < -0.3 is 0 Å². The Kier molecular flexibility index (Phi) is 2.76. The maximum atomic E-state index is 5.75. The van der Waals surface area contributed by atoms with Gasteiger partial charge in [0.1, 0.15) is 0 Å². The zero-order valence-corrected chi connectivity index (χ0v) is 6.78. The minimum atomic E-state index is 0.783. The van der Waals surface area contributed by atoms with Crippen molar-refractivity contribution >= 4 is 11.6 Å². The molecule has 10 heavy (non-hydrogen) atoms. The van der Waals surface area contributed by atoms with Gasteiger partial charge in [-0.15, -0.1) is 0 Å². The van der Waals surface area contributed by atoms with E-state index in [0.29, 0.717) is 0 Å². The molecule has 0 saturated heterocycles. The summed E-state index contributed by atoms with van der Waals surface area (Å²) in [5, 5.41) is 0.783.